The summed E-state index contributed by atoms with van der Waals surface area (Å²) in [6.45, 7) is 3.00. The fourth-order valence-electron chi connectivity index (χ4n) is 8.55. The van der Waals surface area contributed by atoms with Gasteiger partial charge >= 0.3 is 11.9 Å². The van der Waals surface area contributed by atoms with Gasteiger partial charge in [-0.1, -0.05) is 57.6 Å². The number of carboxylic acids is 1. The van der Waals surface area contributed by atoms with Crippen LogP contribution in [0.25, 0.3) is 0 Å². The highest BCUT2D eigenvalue weighted by Crippen LogP contribution is 2.48. The van der Waals surface area contributed by atoms with Gasteiger partial charge in [-0.25, -0.2) is 4.79 Å². The molecule has 50 heavy (non-hydrogen) atoms. The minimum Gasteiger partial charge on any atom is -0.482 e. The molecule has 1 aromatic carbocycles. The third-order valence-corrected chi connectivity index (χ3v) is 11.5. The van der Waals surface area contributed by atoms with Crippen molar-refractivity contribution in [2.75, 3.05) is 25.4 Å². The lowest BCUT2D eigenvalue weighted by Gasteiger charge is -2.33. The number of hydrogen-bond acceptors (Lipinski definition) is 8. The monoisotopic (exact) mass is 716 g/mol. The molecule has 0 bridgehead atoms. The number of esters is 1. The summed E-state index contributed by atoms with van der Waals surface area (Å²) in [6, 6.07) is 5.83. The molecule has 0 radical (unpaired) electrons. The van der Waals surface area contributed by atoms with Gasteiger partial charge in [0.1, 0.15) is 11.9 Å². The van der Waals surface area contributed by atoms with Crippen LogP contribution in [0.2, 0.25) is 0 Å². The van der Waals surface area contributed by atoms with Gasteiger partial charge in [-0.05, 0) is 106 Å². The van der Waals surface area contributed by atoms with Crippen LogP contribution in [0.3, 0.4) is 0 Å². The SMILES string of the molecule is CCCCC[C@@H](CC[C@@H]1[C@H]2Cc3cccc(OCC(=O)O)c3C[C@H]2C[C@H]1O)OC(=O)C1CCCCC1C(=O)NCCCCCCNC(=O)CS. The smallest absolute Gasteiger partial charge is 0.341 e. The molecule has 10 nitrogen and oxygen atoms in total. The maximum Gasteiger partial charge on any atom is 0.341 e. The van der Waals surface area contributed by atoms with E-state index in [9.17, 15) is 24.3 Å². The third kappa shape index (κ3) is 11.9. The average Bonchev–Trinajstić information content (AvgIpc) is 3.42. The highest BCUT2D eigenvalue weighted by molar-refractivity contribution is 7.81. The first-order valence-electron chi connectivity index (χ1n) is 19.2. The Hall–Kier alpha value is -2.79. The fourth-order valence-corrected chi connectivity index (χ4v) is 8.66. The Morgan fingerprint density at radius 1 is 0.940 bits per heavy atom. The summed E-state index contributed by atoms with van der Waals surface area (Å²) in [7, 11) is 0. The highest BCUT2D eigenvalue weighted by atomic mass is 32.1. The maximum absolute atomic E-state index is 13.7. The number of rotatable bonds is 21. The van der Waals surface area contributed by atoms with E-state index < -0.39 is 18.0 Å². The molecule has 2 amide bonds. The quantitative estimate of drug-likeness (QED) is 0.0621. The number of carboxylic acid groups (broad SMARTS) is 1. The summed E-state index contributed by atoms with van der Waals surface area (Å²) in [5.74, 6) is -0.633. The van der Waals surface area contributed by atoms with Crippen molar-refractivity contribution in [3.8, 4) is 5.75 Å². The number of carbonyl (C=O) groups excluding carboxylic acids is 3. The Morgan fingerprint density at radius 2 is 1.68 bits per heavy atom. The molecular formula is C39H60N2O8S. The molecule has 0 aromatic heterocycles. The van der Waals surface area contributed by atoms with Crippen molar-refractivity contribution in [1.29, 1.82) is 0 Å². The minimum atomic E-state index is -1.00. The van der Waals surface area contributed by atoms with E-state index in [4.69, 9.17) is 14.6 Å². The predicted molar refractivity (Wildman–Crippen MR) is 195 cm³/mol. The zero-order chi connectivity index (χ0) is 35.9. The first-order chi connectivity index (χ1) is 24.2. The molecule has 4 N–H and O–H groups in total. The molecule has 1 aromatic rings. The predicted octanol–water partition coefficient (Wildman–Crippen LogP) is 5.66. The number of carbonyl (C=O) groups is 4. The third-order valence-electron chi connectivity index (χ3n) is 11.2. The molecule has 0 saturated heterocycles. The van der Waals surface area contributed by atoms with E-state index in [1.54, 1.807) is 0 Å². The van der Waals surface area contributed by atoms with Crippen LogP contribution in [0, 0.1) is 29.6 Å². The number of amides is 2. The first-order valence-corrected chi connectivity index (χ1v) is 19.8. The molecule has 2 saturated carbocycles. The second-order valence-electron chi connectivity index (χ2n) is 14.7. The number of aliphatic hydroxyl groups excluding tert-OH is 1. The van der Waals surface area contributed by atoms with Gasteiger partial charge in [-0.15, -0.1) is 0 Å². The van der Waals surface area contributed by atoms with Crippen LogP contribution in [-0.4, -0.2) is 71.6 Å². The van der Waals surface area contributed by atoms with Crippen LogP contribution < -0.4 is 15.4 Å². The second kappa shape index (κ2) is 20.9. The van der Waals surface area contributed by atoms with Crippen molar-refractivity contribution >= 4 is 36.4 Å². The minimum absolute atomic E-state index is 0.0514. The molecule has 11 heteroatoms. The summed E-state index contributed by atoms with van der Waals surface area (Å²) in [4.78, 5) is 49.4. The van der Waals surface area contributed by atoms with Gasteiger partial charge in [0, 0.05) is 13.1 Å². The summed E-state index contributed by atoms with van der Waals surface area (Å²) < 4.78 is 11.9. The van der Waals surface area contributed by atoms with Crippen LogP contribution >= 0.6 is 12.6 Å². The summed E-state index contributed by atoms with van der Waals surface area (Å²) >= 11 is 3.96. The Bertz CT molecular complexity index is 1260. The van der Waals surface area contributed by atoms with Crippen molar-refractivity contribution in [1.82, 2.24) is 10.6 Å². The molecule has 4 rings (SSSR count). The number of aliphatic hydroxyl groups is 1. The fraction of sp³-hybridized carbons (Fsp3) is 0.744. The Kier molecular flexibility index (Phi) is 16.7. The van der Waals surface area contributed by atoms with Crippen LogP contribution in [0.1, 0.15) is 114 Å². The number of aliphatic carboxylic acids is 1. The number of hydrogen-bond donors (Lipinski definition) is 5. The van der Waals surface area contributed by atoms with Gasteiger partial charge in [0.05, 0.1) is 23.7 Å². The van der Waals surface area contributed by atoms with Crippen molar-refractivity contribution < 1.29 is 38.9 Å². The molecule has 0 spiro atoms. The van der Waals surface area contributed by atoms with Gasteiger partial charge in [0.2, 0.25) is 11.8 Å². The van der Waals surface area contributed by atoms with E-state index in [1.165, 1.54) is 0 Å². The number of ether oxygens (including phenoxy) is 2. The van der Waals surface area contributed by atoms with Gasteiger partial charge in [-0.3, -0.25) is 14.4 Å². The van der Waals surface area contributed by atoms with Gasteiger partial charge in [-0.2, -0.15) is 12.6 Å². The van der Waals surface area contributed by atoms with E-state index in [0.717, 1.165) is 94.6 Å². The van der Waals surface area contributed by atoms with Crippen LogP contribution in [0.15, 0.2) is 18.2 Å². The van der Waals surface area contributed by atoms with Crippen molar-refractivity contribution in [3.63, 3.8) is 0 Å². The van der Waals surface area contributed by atoms with Crippen molar-refractivity contribution in [3.05, 3.63) is 29.3 Å². The van der Waals surface area contributed by atoms with Gasteiger partial charge < -0.3 is 30.3 Å². The first kappa shape index (κ1) is 40.0. The van der Waals surface area contributed by atoms with Crippen LogP contribution in [0.5, 0.6) is 5.75 Å². The van der Waals surface area contributed by atoms with Crippen molar-refractivity contribution in [2.45, 2.75) is 128 Å². The summed E-state index contributed by atoms with van der Waals surface area (Å²) in [6.07, 6.45) is 13.8. The summed E-state index contributed by atoms with van der Waals surface area (Å²) in [5, 5.41) is 26.2. The molecule has 3 aliphatic rings. The number of thiol groups is 1. The largest absolute Gasteiger partial charge is 0.482 e. The van der Waals surface area contributed by atoms with E-state index in [1.807, 2.05) is 12.1 Å². The molecule has 0 aliphatic heterocycles. The normalized spacial score (nSPS) is 24.8. The van der Waals surface area contributed by atoms with E-state index >= 15 is 0 Å². The number of fused-ring (bicyclic) bond motifs is 2. The van der Waals surface area contributed by atoms with E-state index in [-0.39, 0.29) is 48.1 Å². The highest BCUT2D eigenvalue weighted by Gasteiger charge is 2.45. The Labute approximate surface area is 303 Å². The number of nitrogens with one attached hydrogen (secondary N) is 2. The van der Waals surface area contributed by atoms with Crippen LogP contribution in [-0.2, 0) is 36.8 Å². The molecule has 2 fully saturated rings. The Balaban J connectivity index is 1.29. The Morgan fingerprint density at radius 3 is 2.40 bits per heavy atom. The topological polar surface area (TPSA) is 151 Å². The lowest BCUT2D eigenvalue weighted by atomic mass is 9.73. The lowest BCUT2D eigenvalue weighted by molar-refractivity contribution is -0.160. The number of unbranched alkanes of at least 4 members (excludes halogenated alkanes) is 5. The molecule has 0 heterocycles. The maximum atomic E-state index is 13.7. The zero-order valence-electron chi connectivity index (χ0n) is 29.9. The zero-order valence-corrected chi connectivity index (χ0v) is 30.8. The van der Waals surface area contributed by atoms with Crippen LogP contribution in [0.4, 0.5) is 0 Å². The molecular weight excluding hydrogens is 657 g/mol. The lowest BCUT2D eigenvalue weighted by Crippen LogP contribution is -2.41. The molecule has 280 valence electrons. The van der Waals surface area contributed by atoms with E-state index in [2.05, 4.69) is 36.3 Å². The number of benzene rings is 1. The van der Waals surface area contributed by atoms with Gasteiger partial charge in [0.25, 0.3) is 0 Å². The van der Waals surface area contributed by atoms with Gasteiger partial charge in [0.15, 0.2) is 6.61 Å². The molecule has 3 aliphatic carbocycles. The standard InChI is InChI=1S/C39H60N2O8S/c1-2-3-6-13-28(17-18-29-32-21-26-12-11-16-35(48-24-37(44)45)33(26)22-27(32)23-34(29)42)49-39(47)31-15-8-7-14-30(31)38(46)41-20-10-5-4-9-19-40-36(43)25-50/h11-12,16,27-32,34,42,50H,2-10,13-15,17-25H2,1H3,(H,40,43)(H,41,46)(H,44,45)/t27-,28-,29+,30?,31?,32-,34+/m0/s1. The molecule has 7 atom stereocenters. The van der Waals surface area contributed by atoms with E-state index in [0.29, 0.717) is 56.4 Å². The average molecular weight is 717 g/mol. The summed E-state index contributed by atoms with van der Waals surface area (Å²) in [5.41, 5.74) is 2.22. The molecule has 2 unspecified atom stereocenters. The van der Waals surface area contributed by atoms with Crippen molar-refractivity contribution in [2.24, 2.45) is 29.6 Å². The second-order valence-corrected chi connectivity index (χ2v) is 15.0.